The van der Waals surface area contributed by atoms with Crippen molar-refractivity contribution in [3.63, 3.8) is 0 Å². The Labute approximate surface area is 138 Å². The van der Waals surface area contributed by atoms with E-state index in [-0.39, 0.29) is 23.8 Å². The monoisotopic (exact) mass is 371 g/mol. The second kappa shape index (κ2) is 7.02. The lowest BCUT2D eigenvalue weighted by Crippen LogP contribution is -2.32. The van der Waals surface area contributed by atoms with E-state index in [0.717, 1.165) is 4.47 Å². The Balaban J connectivity index is 2.00. The van der Waals surface area contributed by atoms with Crippen molar-refractivity contribution in [2.45, 2.75) is 38.8 Å². The molecule has 7 heteroatoms. The fraction of sp³-hybridized carbons (Fsp3) is 0.667. The molecule has 1 saturated heterocycles. The molecule has 0 radical (unpaired) electrons. The standard InChI is InChI=1S/C15H22BrN3O3/c1-15(2,3)22-12(20)4-9-7-21-8-11(9)13(17)14-18-5-10(16)6-19-14/h5-6,9,11,13H,4,7-8,17H2,1-3H3/t9-,11+,13?/m0/s1. The molecule has 1 unspecified atom stereocenters. The topological polar surface area (TPSA) is 87.3 Å². The highest BCUT2D eigenvalue weighted by Gasteiger charge is 2.37. The van der Waals surface area contributed by atoms with Crippen LogP contribution in [-0.2, 0) is 14.3 Å². The average molecular weight is 372 g/mol. The van der Waals surface area contributed by atoms with Crippen molar-refractivity contribution in [2.24, 2.45) is 17.6 Å². The number of carbonyl (C=O) groups excluding carboxylic acids is 1. The van der Waals surface area contributed by atoms with Gasteiger partial charge in [0.25, 0.3) is 0 Å². The fourth-order valence-corrected chi connectivity index (χ4v) is 2.71. The molecular formula is C15H22BrN3O3. The van der Waals surface area contributed by atoms with E-state index >= 15 is 0 Å². The fourth-order valence-electron chi connectivity index (χ4n) is 2.51. The largest absolute Gasteiger partial charge is 0.460 e. The highest BCUT2D eigenvalue weighted by atomic mass is 79.9. The van der Waals surface area contributed by atoms with Crippen LogP contribution in [0.5, 0.6) is 0 Å². The van der Waals surface area contributed by atoms with Gasteiger partial charge in [-0.05, 0) is 42.6 Å². The summed E-state index contributed by atoms with van der Waals surface area (Å²) in [5.74, 6) is 0.371. The van der Waals surface area contributed by atoms with Gasteiger partial charge in [-0.1, -0.05) is 0 Å². The predicted octanol–water partition coefficient (Wildman–Crippen LogP) is 2.23. The first-order chi connectivity index (χ1) is 10.3. The smallest absolute Gasteiger partial charge is 0.306 e. The normalized spacial score (nSPS) is 23.3. The molecular weight excluding hydrogens is 350 g/mol. The first-order valence-corrected chi connectivity index (χ1v) is 8.08. The zero-order valence-electron chi connectivity index (χ0n) is 13.1. The molecule has 22 heavy (non-hydrogen) atoms. The van der Waals surface area contributed by atoms with Gasteiger partial charge in [0.2, 0.25) is 0 Å². The van der Waals surface area contributed by atoms with Crippen molar-refractivity contribution in [1.29, 1.82) is 0 Å². The molecule has 122 valence electrons. The first-order valence-electron chi connectivity index (χ1n) is 7.29. The summed E-state index contributed by atoms with van der Waals surface area (Å²) in [4.78, 5) is 20.5. The first kappa shape index (κ1) is 17.3. The van der Waals surface area contributed by atoms with Crippen LogP contribution in [0.4, 0.5) is 0 Å². The molecule has 1 aliphatic rings. The van der Waals surface area contributed by atoms with Crippen LogP contribution in [0.25, 0.3) is 0 Å². The second-order valence-electron chi connectivity index (χ2n) is 6.54. The van der Waals surface area contributed by atoms with E-state index in [9.17, 15) is 4.79 Å². The Morgan fingerprint density at radius 1 is 1.45 bits per heavy atom. The van der Waals surface area contributed by atoms with E-state index in [2.05, 4.69) is 25.9 Å². The molecule has 6 nitrogen and oxygen atoms in total. The van der Waals surface area contributed by atoms with Crippen molar-refractivity contribution in [1.82, 2.24) is 9.97 Å². The van der Waals surface area contributed by atoms with Crippen molar-refractivity contribution in [3.8, 4) is 0 Å². The van der Waals surface area contributed by atoms with E-state index in [1.165, 1.54) is 0 Å². The Morgan fingerprint density at radius 2 is 2.09 bits per heavy atom. The van der Waals surface area contributed by atoms with Crippen molar-refractivity contribution in [3.05, 3.63) is 22.7 Å². The maximum absolute atomic E-state index is 12.0. The van der Waals surface area contributed by atoms with Crippen LogP contribution >= 0.6 is 15.9 Å². The Kier molecular flexibility index (Phi) is 5.52. The molecule has 0 saturated carbocycles. The Morgan fingerprint density at radius 3 is 2.68 bits per heavy atom. The molecule has 2 heterocycles. The van der Waals surface area contributed by atoms with Crippen LogP contribution in [0.3, 0.4) is 0 Å². The van der Waals surface area contributed by atoms with Crippen molar-refractivity contribution >= 4 is 21.9 Å². The van der Waals surface area contributed by atoms with Crippen LogP contribution in [0.15, 0.2) is 16.9 Å². The minimum atomic E-state index is -0.483. The molecule has 2 rings (SSSR count). The SMILES string of the molecule is CC(C)(C)OC(=O)C[C@H]1COC[C@H]1C(N)c1ncc(Br)cn1. The van der Waals surface area contributed by atoms with Gasteiger partial charge in [-0.2, -0.15) is 0 Å². The number of nitrogens with two attached hydrogens (primary N) is 1. The van der Waals surface area contributed by atoms with Crippen molar-refractivity contribution < 1.29 is 14.3 Å². The molecule has 1 aromatic rings. The predicted molar refractivity (Wildman–Crippen MR) is 84.9 cm³/mol. The maximum atomic E-state index is 12.0. The summed E-state index contributed by atoms with van der Waals surface area (Å²) >= 11 is 3.30. The van der Waals surface area contributed by atoms with E-state index in [1.54, 1.807) is 12.4 Å². The Bertz CT molecular complexity index is 516. The second-order valence-corrected chi connectivity index (χ2v) is 7.45. The van der Waals surface area contributed by atoms with E-state index in [1.807, 2.05) is 20.8 Å². The maximum Gasteiger partial charge on any atom is 0.306 e. The summed E-state index contributed by atoms with van der Waals surface area (Å²) in [6.45, 7) is 6.58. The number of ether oxygens (including phenoxy) is 2. The molecule has 1 aliphatic heterocycles. The molecule has 0 aliphatic carbocycles. The number of nitrogens with zero attached hydrogens (tertiary/aromatic N) is 2. The van der Waals surface area contributed by atoms with Crippen LogP contribution in [0, 0.1) is 11.8 Å². The zero-order valence-corrected chi connectivity index (χ0v) is 14.7. The minimum absolute atomic E-state index is 0.00805. The molecule has 0 bridgehead atoms. The van der Waals surface area contributed by atoms with Gasteiger partial charge < -0.3 is 15.2 Å². The van der Waals surface area contributed by atoms with Gasteiger partial charge in [-0.25, -0.2) is 9.97 Å². The third-order valence-electron chi connectivity index (χ3n) is 3.50. The van der Waals surface area contributed by atoms with Crippen LogP contribution in [0.2, 0.25) is 0 Å². The van der Waals surface area contributed by atoms with Gasteiger partial charge in [0.05, 0.1) is 30.1 Å². The zero-order chi connectivity index (χ0) is 16.3. The lowest BCUT2D eigenvalue weighted by molar-refractivity contribution is -0.156. The average Bonchev–Trinajstić information content (AvgIpc) is 2.84. The van der Waals surface area contributed by atoms with Crippen LogP contribution < -0.4 is 5.73 Å². The molecule has 0 spiro atoms. The summed E-state index contributed by atoms with van der Waals surface area (Å²) in [7, 11) is 0. The Hall–Kier alpha value is -1.05. The molecule has 1 fully saturated rings. The van der Waals surface area contributed by atoms with Gasteiger partial charge in [0, 0.05) is 18.3 Å². The van der Waals surface area contributed by atoms with Gasteiger partial charge in [0.1, 0.15) is 11.4 Å². The number of hydrogen-bond donors (Lipinski definition) is 1. The summed E-state index contributed by atoms with van der Waals surface area (Å²) < 4.78 is 11.7. The van der Waals surface area contributed by atoms with E-state index in [0.29, 0.717) is 25.5 Å². The van der Waals surface area contributed by atoms with Gasteiger partial charge in [-0.15, -0.1) is 0 Å². The number of hydrogen-bond acceptors (Lipinski definition) is 6. The van der Waals surface area contributed by atoms with Crippen LogP contribution in [-0.4, -0.2) is 34.8 Å². The summed E-state index contributed by atoms with van der Waals surface area (Å²) in [6.07, 6.45) is 3.63. The molecule has 3 atom stereocenters. The number of carbonyl (C=O) groups is 1. The number of aromatic nitrogens is 2. The van der Waals surface area contributed by atoms with Gasteiger partial charge in [0.15, 0.2) is 0 Å². The minimum Gasteiger partial charge on any atom is -0.460 e. The quantitative estimate of drug-likeness (QED) is 0.816. The van der Waals surface area contributed by atoms with E-state index < -0.39 is 5.60 Å². The van der Waals surface area contributed by atoms with Gasteiger partial charge >= 0.3 is 5.97 Å². The van der Waals surface area contributed by atoms with E-state index in [4.69, 9.17) is 15.2 Å². The van der Waals surface area contributed by atoms with Crippen molar-refractivity contribution in [2.75, 3.05) is 13.2 Å². The summed E-state index contributed by atoms with van der Waals surface area (Å²) in [5, 5.41) is 0. The molecule has 2 N–H and O–H groups in total. The lowest BCUT2D eigenvalue weighted by Gasteiger charge is -2.24. The molecule has 0 amide bonds. The number of halogens is 1. The third-order valence-corrected chi connectivity index (χ3v) is 3.91. The number of esters is 1. The highest BCUT2D eigenvalue weighted by Crippen LogP contribution is 2.32. The highest BCUT2D eigenvalue weighted by molar-refractivity contribution is 9.10. The summed E-state index contributed by atoms with van der Waals surface area (Å²) in [5.41, 5.74) is 5.79. The number of rotatable bonds is 4. The third kappa shape index (κ3) is 4.72. The van der Waals surface area contributed by atoms with Crippen LogP contribution in [0.1, 0.15) is 39.1 Å². The molecule has 0 aromatic carbocycles. The summed E-state index contributed by atoms with van der Waals surface area (Å²) in [6, 6.07) is -0.358. The molecule has 1 aromatic heterocycles. The lowest BCUT2D eigenvalue weighted by atomic mass is 9.86. The van der Waals surface area contributed by atoms with Gasteiger partial charge in [-0.3, -0.25) is 4.79 Å².